The molecule has 2 N–H and O–H groups in total. The molecule has 0 saturated carbocycles. The normalized spacial score (nSPS) is 11.3. The standard InChI is InChI=1S/C13H25N3O2/c1-11(2)13-9-12(16-18-13)10-15-6-4-5-14-7-8-17-3/h9,11,14-15H,4-8,10H2,1-3H3. The lowest BCUT2D eigenvalue weighted by Crippen LogP contribution is -2.24. The molecule has 104 valence electrons. The Bertz CT molecular complexity index is 313. The Kier molecular flexibility index (Phi) is 7.64. The number of methoxy groups -OCH3 is 1. The monoisotopic (exact) mass is 255 g/mol. The summed E-state index contributed by atoms with van der Waals surface area (Å²) in [6.45, 7) is 8.64. The van der Waals surface area contributed by atoms with Crippen LogP contribution in [0.4, 0.5) is 0 Å². The second-order valence-corrected chi connectivity index (χ2v) is 4.65. The van der Waals surface area contributed by atoms with Gasteiger partial charge in [0, 0.05) is 32.2 Å². The molecule has 0 aliphatic carbocycles. The van der Waals surface area contributed by atoms with Crippen molar-refractivity contribution < 1.29 is 9.26 Å². The van der Waals surface area contributed by atoms with E-state index in [-0.39, 0.29) is 0 Å². The van der Waals surface area contributed by atoms with Crippen LogP contribution in [0.5, 0.6) is 0 Å². The molecule has 5 nitrogen and oxygen atoms in total. The van der Waals surface area contributed by atoms with Gasteiger partial charge < -0.3 is 19.9 Å². The highest BCUT2D eigenvalue weighted by atomic mass is 16.5. The van der Waals surface area contributed by atoms with Gasteiger partial charge in [-0.2, -0.15) is 0 Å². The van der Waals surface area contributed by atoms with Crippen LogP contribution in [0.2, 0.25) is 0 Å². The fourth-order valence-electron chi connectivity index (χ4n) is 1.54. The number of nitrogens with zero attached hydrogens (tertiary/aromatic N) is 1. The zero-order chi connectivity index (χ0) is 13.2. The predicted molar refractivity (Wildman–Crippen MR) is 71.7 cm³/mol. The van der Waals surface area contributed by atoms with Gasteiger partial charge in [-0.3, -0.25) is 0 Å². The van der Waals surface area contributed by atoms with E-state index in [9.17, 15) is 0 Å². The Morgan fingerprint density at radius 2 is 2.06 bits per heavy atom. The quantitative estimate of drug-likeness (QED) is 0.621. The molecule has 0 saturated heterocycles. The molecule has 0 atom stereocenters. The number of aromatic nitrogens is 1. The lowest BCUT2D eigenvalue weighted by Gasteiger charge is -2.04. The van der Waals surface area contributed by atoms with E-state index in [0.29, 0.717) is 5.92 Å². The van der Waals surface area contributed by atoms with Gasteiger partial charge in [-0.15, -0.1) is 0 Å². The Labute approximate surface area is 109 Å². The smallest absolute Gasteiger partial charge is 0.139 e. The average Bonchev–Trinajstić information content (AvgIpc) is 2.81. The van der Waals surface area contributed by atoms with Crippen molar-refractivity contribution in [2.45, 2.75) is 32.7 Å². The first kappa shape index (κ1) is 15.1. The summed E-state index contributed by atoms with van der Waals surface area (Å²) in [5.74, 6) is 1.35. The summed E-state index contributed by atoms with van der Waals surface area (Å²) in [5.41, 5.74) is 0.978. The molecule has 1 rings (SSSR count). The Hall–Kier alpha value is -0.910. The summed E-state index contributed by atoms with van der Waals surface area (Å²) in [7, 11) is 1.71. The highest BCUT2D eigenvalue weighted by Gasteiger charge is 2.06. The molecule has 0 aromatic carbocycles. The van der Waals surface area contributed by atoms with Crippen LogP contribution in [0.15, 0.2) is 10.6 Å². The second kappa shape index (κ2) is 9.08. The fourth-order valence-corrected chi connectivity index (χ4v) is 1.54. The van der Waals surface area contributed by atoms with E-state index in [1.54, 1.807) is 7.11 Å². The van der Waals surface area contributed by atoms with Crippen molar-refractivity contribution in [3.63, 3.8) is 0 Å². The molecule has 0 fully saturated rings. The molecule has 1 heterocycles. The minimum Gasteiger partial charge on any atom is -0.383 e. The summed E-state index contributed by atoms with van der Waals surface area (Å²) in [4.78, 5) is 0. The first-order valence-electron chi connectivity index (χ1n) is 6.60. The number of hydrogen-bond acceptors (Lipinski definition) is 5. The van der Waals surface area contributed by atoms with Gasteiger partial charge in [-0.25, -0.2) is 0 Å². The molecule has 0 aliphatic rings. The van der Waals surface area contributed by atoms with Crippen LogP contribution in [-0.4, -0.2) is 38.5 Å². The van der Waals surface area contributed by atoms with Crippen LogP contribution < -0.4 is 10.6 Å². The number of hydrogen-bond donors (Lipinski definition) is 2. The minimum absolute atomic E-state index is 0.399. The van der Waals surface area contributed by atoms with Gasteiger partial charge in [0.1, 0.15) is 5.76 Å². The molecule has 0 amide bonds. The van der Waals surface area contributed by atoms with Crippen LogP contribution in [0, 0.1) is 0 Å². The van der Waals surface area contributed by atoms with Crippen LogP contribution in [0.3, 0.4) is 0 Å². The number of nitrogens with one attached hydrogen (secondary N) is 2. The highest BCUT2D eigenvalue weighted by molar-refractivity contribution is 5.08. The van der Waals surface area contributed by atoms with E-state index < -0.39 is 0 Å². The predicted octanol–water partition coefficient (Wildman–Crippen LogP) is 1.51. The Morgan fingerprint density at radius 3 is 2.72 bits per heavy atom. The fraction of sp³-hybridized carbons (Fsp3) is 0.769. The second-order valence-electron chi connectivity index (χ2n) is 4.65. The molecule has 0 radical (unpaired) electrons. The maximum atomic E-state index is 5.23. The minimum atomic E-state index is 0.399. The molecule has 1 aromatic rings. The van der Waals surface area contributed by atoms with Crippen molar-refractivity contribution in [3.8, 4) is 0 Å². The molecule has 0 aliphatic heterocycles. The molecule has 0 unspecified atom stereocenters. The molecule has 0 spiro atoms. The van der Waals surface area contributed by atoms with Crippen molar-refractivity contribution in [3.05, 3.63) is 17.5 Å². The largest absolute Gasteiger partial charge is 0.383 e. The molecular weight excluding hydrogens is 230 g/mol. The van der Waals surface area contributed by atoms with E-state index in [4.69, 9.17) is 9.26 Å². The number of rotatable bonds is 10. The van der Waals surface area contributed by atoms with Crippen LogP contribution in [0.25, 0.3) is 0 Å². The molecular formula is C13H25N3O2. The number of ether oxygens (including phenoxy) is 1. The summed E-state index contributed by atoms with van der Waals surface area (Å²) in [5, 5.41) is 10.7. The molecule has 1 aromatic heterocycles. The molecule has 5 heteroatoms. The zero-order valence-electron chi connectivity index (χ0n) is 11.7. The van der Waals surface area contributed by atoms with Gasteiger partial charge in [0.05, 0.1) is 12.3 Å². The van der Waals surface area contributed by atoms with Crippen LogP contribution >= 0.6 is 0 Å². The third-order valence-corrected chi connectivity index (χ3v) is 2.64. The third-order valence-electron chi connectivity index (χ3n) is 2.64. The van der Waals surface area contributed by atoms with Crippen molar-refractivity contribution in [2.75, 3.05) is 33.4 Å². The maximum absolute atomic E-state index is 5.23. The lowest BCUT2D eigenvalue weighted by atomic mass is 10.1. The van der Waals surface area contributed by atoms with Crippen molar-refractivity contribution in [1.29, 1.82) is 0 Å². The summed E-state index contributed by atoms with van der Waals surface area (Å²) >= 11 is 0. The first-order valence-corrected chi connectivity index (χ1v) is 6.60. The van der Waals surface area contributed by atoms with E-state index in [1.807, 2.05) is 6.07 Å². The van der Waals surface area contributed by atoms with Gasteiger partial charge >= 0.3 is 0 Å². The zero-order valence-corrected chi connectivity index (χ0v) is 11.7. The SMILES string of the molecule is COCCNCCCNCc1cc(C(C)C)on1. The highest BCUT2D eigenvalue weighted by Crippen LogP contribution is 2.14. The van der Waals surface area contributed by atoms with Gasteiger partial charge in [-0.05, 0) is 19.5 Å². The lowest BCUT2D eigenvalue weighted by molar-refractivity contribution is 0.199. The van der Waals surface area contributed by atoms with Gasteiger partial charge in [0.15, 0.2) is 0 Å². The van der Waals surface area contributed by atoms with E-state index in [0.717, 1.165) is 50.7 Å². The van der Waals surface area contributed by atoms with Crippen LogP contribution in [0.1, 0.15) is 37.6 Å². The van der Waals surface area contributed by atoms with E-state index in [1.165, 1.54) is 0 Å². The van der Waals surface area contributed by atoms with Gasteiger partial charge in [0.25, 0.3) is 0 Å². The summed E-state index contributed by atoms with van der Waals surface area (Å²) in [6.07, 6.45) is 1.10. The average molecular weight is 255 g/mol. The van der Waals surface area contributed by atoms with E-state index >= 15 is 0 Å². The Morgan fingerprint density at radius 1 is 1.28 bits per heavy atom. The molecule has 0 bridgehead atoms. The van der Waals surface area contributed by atoms with Crippen molar-refractivity contribution in [2.24, 2.45) is 0 Å². The first-order chi connectivity index (χ1) is 8.74. The van der Waals surface area contributed by atoms with Crippen molar-refractivity contribution >= 4 is 0 Å². The maximum Gasteiger partial charge on any atom is 0.139 e. The van der Waals surface area contributed by atoms with Crippen LogP contribution in [-0.2, 0) is 11.3 Å². The van der Waals surface area contributed by atoms with E-state index in [2.05, 4.69) is 29.6 Å². The van der Waals surface area contributed by atoms with Crippen molar-refractivity contribution in [1.82, 2.24) is 15.8 Å². The summed E-state index contributed by atoms with van der Waals surface area (Å²) in [6, 6.07) is 2.02. The van der Waals surface area contributed by atoms with Gasteiger partial charge in [0.2, 0.25) is 0 Å². The Balaban J connectivity index is 2.00. The third kappa shape index (κ3) is 6.14. The summed E-state index contributed by atoms with van der Waals surface area (Å²) < 4.78 is 10.2. The topological polar surface area (TPSA) is 59.3 Å². The molecule has 18 heavy (non-hydrogen) atoms. The van der Waals surface area contributed by atoms with Gasteiger partial charge in [-0.1, -0.05) is 19.0 Å².